The molecule has 6 rings (SSSR count). The second-order valence-corrected chi connectivity index (χ2v) is 10.3. The standard InChI is InChI=1S/C27H18NOP/c29-30(26-11-5-3-9-23(26)24-10-4-6-12-27(24)30)22-15-13-19(14-16-22)25-17-20-7-1-2-8-21(20)18-28-25/h1-18H. The lowest BCUT2D eigenvalue weighted by molar-refractivity contribution is 0.593. The van der Waals surface area contributed by atoms with Crippen molar-refractivity contribution in [2.45, 2.75) is 0 Å². The largest absolute Gasteiger partial charge is 0.309 e. The van der Waals surface area contributed by atoms with Gasteiger partial charge in [0.25, 0.3) is 0 Å². The van der Waals surface area contributed by atoms with Crippen molar-refractivity contribution in [1.29, 1.82) is 0 Å². The van der Waals surface area contributed by atoms with Crippen LogP contribution >= 0.6 is 7.14 Å². The molecule has 4 aromatic carbocycles. The molecule has 0 amide bonds. The van der Waals surface area contributed by atoms with Gasteiger partial charge in [-0.1, -0.05) is 97.1 Å². The summed E-state index contributed by atoms with van der Waals surface area (Å²) in [4.78, 5) is 4.62. The van der Waals surface area contributed by atoms with Gasteiger partial charge in [-0.25, -0.2) is 0 Å². The van der Waals surface area contributed by atoms with Crippen LogP contribution in [0.4, 0.5) is 0 Å². The third kappa shape index (κ3) is 2.44. The van der Waals surface area contributed by atoms with Gasteiger partial charge in [-0.05, 0) is 22.6 Å². The van der Waals surface area contributed by atoms with Crippen LogP contribution in [0.3, 0.4) is 0 Å². The van der Waals surface area contributed by atoms with E-state index in [1.165, 1.54) is 0 Å². The number of nitrogens with zero attached hydrogens (tertiary/aromatic N) is 1. The molecule has 5 aromatic rings. The van der Waals surface area contributed by atoms with Crippen molar-refractivity contribution < 1.29 is 4.57 Å². The van der Waals surface area contributed by atoms with Crippen LogP contribution in [0.2, 0.25) is 0 Å². The van der Waals surface area contributed by atoms with Crippen LogP contribution in [-0.4, -0.2) is 4.98 Å². The van der Waals surface area contributed by atoms with Gasteiger partial charge in [-0.2, -0.15) is 0 Å². The molecule has 1 aliphatic rings. The van der Waals surface area contributed by atoms with Crippen LogP contribution in [0.1, 0.15) is 0 Å². The number of hydrogen-bond acceptors (Lipinski definition) is 2. The summed E-state index contributed by atoms with van der Waals surface area (Å²) in [5.74, 6) is 0. The van der Waals surface area contributed by atoms with Gasteiger partial charge in [0.15, 0.2) is 7.14 Å². The van der Waals surface area contributed by atoms with Crippen LogP contribution in [0, 0.1) is 0 Å². The Morgan fingerprint density at radius 3 is 1.83 bits per heavy atom. The third-order valence-corrected chi connectivity index (χ3v) is 9.10. The molecule has 1 aromatic heterocycles. The minimum absolute atomic E-state index is 0.865. The fourth-order valence-electron chi connectivity index (χ4n) is 4.44. The van der Waals surface area contributed by atoms with E-state index in [0.717, 1.165) is 49.1 Å². The normalized spacial score (nSPS) is 13.7. The van der Waals surface area contributed by atoms with E-state index >= 15 is 0 Å². The molecular formula is C27H18NOP. The molecular weight excluding hydrogens is 385 g/mol. The zero-order valence-electron chi connectivity index (χ0n) is 16.2. The maximum absolute atomic E-state index is 14.5. The Morgan fingerprint density at radius 1 is 0.600 bits per heavy atom. The summed E-state index contributed by atoms with van der Waals surface area (Å²) in [5.41, 5.74) is 4.11. The monoisotopic (exact) mass is 403 g/mol. The molecule has 0 unspecified atom stereocenters. The van der Waals surface area contributed by atoms with E-state index in [1.807, 2.05) is 79.0 Å². The maximum Gasteiger partial charge on any atom is 0.172 e. The lowest BCUT2D eigenvalue weighted by atomic mass is 10.1. The third-order valence-electron chi connectivity index (χ3n) is 5.93. The molecule has 0 saturated heterocycles. The number of pyridine rings is 1. The van der Waals surface area contributed by atoms with E-state index in [1.54, 1.807) is 0 Å². The number of benzene rings is 4. The highest BCUT2D eigenvalue weighted by Gasteiger charge is 2.39. The van der Waals surface area contributed by atoms with E-state index < -0.39 is 7.14 Å². The van der Waals surface area contributed by atoms with Crippen LogP contribution < -0.4 is 15.9 Å². The molecule has 2 heterocycles. The minimum atomic E-state index is -2.87. The number of fused-ring (bicyclic) bond motifs is 4. The van der Waals surface area contributed by atoms with Crippen LogP contribution in [-0.2, 0) is 4.57 Å². The quantitative estimate of drug-likeness (QED) is 0.356. The smallest absolute Gasteiger partial charge is 0.172 e. The van der Waals surface area contributed by atoms with Gasteiger partial charge < -0.3 is 4.57 Å². The number of hydrogen-bond donors (Lipinski definition) is 0. The number of rotatable bonds is 2. The SMILES string of the molecule is O=P1(c2ccc(-c3cc4ccccc4cn3)cc2)c2ccccc2-c2ccccc21. The highest BCUT2D eigenvalue weighted by Crippen LogP contribution is 2.51. The molecule has 0 radical (unpaired) electrons. The van der Waals surface area contributed by atoms with Gasteiger partial charge in [0, 0.05) is 33.1 Å². The molecule has 0 spiro atoms. The Bertz CT molecular complexity index is 1420. The topological polar surface area (TPSA) is 30.0 Å². The first-order valence-corrected chi connectivity index (χ1v) is 11.7. The fourth-order valence-corrected chi connectivity index (χ4v) is 7.49. The van der Waals surface area contributed by atoms with E-state index in [-0.39, 0.29) is 0 Å². The lowest BCUT2D eigenvalue weighted by Crippen LogP contribution is -2.20. The second-order valence-electron chi connectivity index (χ2n) is 7.61. The molecule has 0 aliphatic carbocycles. The van der Waals surface area contributed by atoms with Gasteiger partial charge in [0.1, 0.15) is 0 Å². The van der Waals surface area contributed by atoms with Crippen LogP contribution in [0.25, 0.3) is 33.2 Å². The first-order valence-electron chi connectivity index (χ1n) is 10.0. The van der Waals surface area contributed by atoms with Gasteiger partial charge in [0.05, 0.1) is 5.69 Å². The molecule has 30 heavy (non-hydrogen) atoms. The summed E-state index contributed by atoms with van der Waals surface area (Å²) in [5, 5.41) is 5.02. The highest BCUT2D eigenvalue weighted by molar-refractivity contribution is 7.86. The predicted molar refractivity (Wildman–Crippen MR) is 126 cm³/mol. The van der Waals surface area contributed by atoms with Crippen molar-refractivity contribution in [3.05, 3.63) is 109 Å². The van der Waals surface area contributed by atoms with Crippen molar-refractivity contribution in [3.8, 4) is 22.4 Å². The zero-order valence-corrected chi connectivity index (χ0v) is 17.1. The number of aromatic nitrogens is 1. The van der Waals surface area contributed by atoms with Gasteiger partial charge >= 0.3 is 0 Å². The fraction of sp³-hybridized carbons (Fsp3) is 0. The molecule has 0 atom stereocenters. The summed E-state index contributed by atoms with van der Waals surface area (Å²) >= 11 is 0. The average Bonchev–Trinajstić information content (AvgIpc) is 3.09. The molecule has 0 fully saturated rings. The predicted octanol–water partition coefficient (Wildman–Crippen LogP) is 5.52. The van der Waals surface area contributed by atoms with Crippen LogP contribution in [0.15, 0.2) is 109 Å². The summed E-state index contributed by atoms with van der Waals surface area (Å²) in [6.07, 6.45) is 1.91. The molecule has 142 valence electrons. The van der Waals surface area contributed by atoms with Crippen molar-refractivity contribution in [3.63, 3.8) is 0 Å². The molecule has 0 N–H and O–H groups in total. The average molecular weight is 403 g/mol. The van der Waals surface area contributed by atoms with Crippen LogP contribution in [0.5, 0.6) is 0 Å². The summed E-state index contributed by atoms with van der Waals surface area (Å²) < 4.78 is 14.5. The Balaban J connectivity index is 1.48. The van der Waals surface area contributed by atoms with E-state index in [0.29, 0.717) is 0 Å². The van der Waals surface area contributed by atoms with Crippen molar-refractivity contribution in [2.24, 2.45) is 0 Å². The van der Waals surface area contributed by atoms with Gasteiger partial charge in [-0.15, -0.1) is 0 Å². The second kappa shape index (κ2) is 6.52. The van der Waals surface area contributed by atoms with Gasteiger partial charge in [0.2, 0.25) is 0 Å². The van der Waals surface area contributed by atoms with Crippen molar-refractivity contribution in [2.75, 3.05) is 0 Å². The van der Waals surface area contributed by atoms with Gasteiger partial charge in [-0.3, -0.25) is 4.98 Å². The molecule has 2 nitrogen and oxygen atoms in total. The summed E-state index contributed by atoms with van der Waals surface area (Å²) in [6, 6.07) is 34.6. The summed E-state index contributed by atoms with van der Waals surface area (Å²) in [7, 11) is -2.87. The highest BCUT2D eigenvalue weighted by atomic mass is 31.2. The molecule has 1 aliphatic heterocycles. The Labute approximate surface area is 175 Å². The van der Waals surface area contributed by atoms with Crippen molar-refractivity contribution >= 4 is 33.8 Å². The van der Waals surface area contributed by atoms with Crippen molar-refractivity contribution in [1.82, 2.24) is 4.98 Å². The molecule has 0 bridgehead atoms. The minimum Gasteiger partial charge on any atom is -0.309 e. The molecule has 0 saturated carbocycles. The summed E-state index contributed by atoms with van der Waals surface area (Å²) in [6.45, 7) is 0. The zero-order chi connectivity index (χ0) is 20.1. The Morgan fingerprint density at radius 2 is 1.17 bits per heavy atom. The maximum atomic E-state index is 14.5. The Kier molecular flexibility index (Phi) is 3.78. The van der Waals surface area contributed by atoms with E-state index in [2.05, 4.69) is 35.3 Å². The Hall–Kier alpha value is -3.48. The molecule has 3 heteroatoms. The first-order chi connectivity index (χ1) is 14.7. The first kappa shape index (κ1) is 17.4. The van der Waals surface area contributed by atoms with E-state index in [9.17, 15) is 4.57 Å². The van der Waals surface area contributed by atoms with E-state index in [4.69, 9.17) is 0 Å². The lowest BCUT2D eigenvalue weighted by Gasteiger charge is -2.16.